The molecular formula is C10H8O4. The van der Waals surface area contributed by atoms with Gasteiger partial charge in [0.25, 0.3) is 0 Å². The number of para-hydroxylation sites is 1. The topological polar surface area (TPSA) is 74.6 Å². The number of aromatic hydroxyl groups is 1. The van der Waals surface area contributed by atoms with E-state index in [1.807, 2.05) is 0 Å². The van der Waals surface area contributed by atoms with Gasteiger partial charge in [-0.15, -0.1) is 0 Å². The number of phenols is 1. The van der Waals surface area contributed by atoms with E-state index in [9.17, 15) is 14.7 Å². The van der Waals surface area contributed by atoms with E-state index in [1.165, 1.54) is 18.2 Å². The van der Waals surface area contributed by atoms with Gasteiger partial charge in [-0.1, -0.05) is 12.6 Å². The Morgan fingerprint density at radius 3 is 2.36 bits per heavy atom. The first-order chi connectivity index (χ1) is 6.57. The zero-order valence-corrected chi connectivity index (χ0v) is 7.23. The van der Waals surface area contributed by atoms with Crippen molar-refractivity contribution in [1.29, 1.82) is 0 Å². The highest BCUT2D eigenvalue weighted by Crippen LogP contribution is 2.22. The van der Waals surface area contributed by atoms with Gasteiger partial charge in [-0.2, -0.15) is 0 Å². The lowest BCUT2D eigenvalue weighted by Crippen LogP contribution is -2.01. The molecule has 0 radical (unpaired) electrons. The van der Waals surface area contributed by atoms with Crippen LogP contribution in [0.2, 0.25) is 0 Å². The highest BCUT2D eigenvalue weighted by molar-refractivity contribution is 6.08. The molecule has 4 heteroatoms. The molecule has 0 atom stereocenters. The van der Waals surface area contributed by atoms with Crippen molar-refractivity contribution in [2.45, 2.75) is 0 Å². The fourth-order valence-electron chi connectivity index (χ4n) is 1.02. The SMILES string of the molecule is C=CC(=O)c1cccc(C(=O)O)c1O. The van der Waals surface area contributed by atoms with Crippen LogP contribution >= 0.6 is 0 Å². The lowest BCUT2D eigenvalue weighted by molar-refractivity contribution is 0.0693. The summed E-state index contributed by atoms with van der Waals surface area (Å²) in [4.78, 5) is 21.7. The summed E-state index contributed by atoms with van der Waals surface area (Å²) in [7, 11) is 0. The number of carboxylic acids is 1. The van der Waals surface area contributed by atoms with Crippen LogP contribution in [0.15, 0.2) is 30.9 Å². The van der Waals surface area contributed by atoms with Crippen molar-refractivity contribution < 1.29 is 19.8 Å². The molecule has 0 saturated heterocycles. The smallest absolute Gasteiger partial charge is 0.339 e. The number of rotatable bonds is 3. The largest absolute Gasteiger partial charge is 0.506 e. The summed E-state index contributed by atoms with van der Waals surface area (Å²) in [6.45, 7) is 3.24. The quantitative estimate of drug-likeness (QED) is 0.561. The van der Waals surface area contributed by atoms with Crippen molar-refractivity contribution in [1.82, 2.24) is 0 Å². The Balaban J connectivity index is 3.34. The van der Waals surface area contributed by atoms with E-state index in [1.54, 1.807) is 0 Å². The average Bonchev–Trinajstić information content (AvgIpc) is 2.16. The van der Waals surface area contributed by atoms with Crippen LogP contribution in [0.3, 0.4) is 0 Å². The van der Waals surface area contributed by atoms with Crippen LogP contribution in [-0.2, 0) is 0 Å². The van der Waals surface area contributed by atoms with Crippen LogP contribution in [0, 0.1) is 0 Å². The Labute approximate surface area is 80.1 Å². The molecule has 0 aliphatic carbocycles. The number of carboxylic acid groups (broad SMARTS) is 1. The maximum atomic E-state index is 11.1. The van der Waals surface area contributed by atoms with Crippen molar-refractivity contribution in [3.8, 4) is 5.75 Å². The summed E-state index contributed by atoms with van der Waals surface area (Å²) in [6, 6.07) is 3.95. The molecule has 0 saturated carbocycles. The highest BCUT2D eigenvalue weighted by atomic mass is 16.4. The van der Waals surface area contributed by atoms with Crippen molar-refractivity contribution in [3.63, 3.8) is 0 Å². The first kappa shape index (κ1) is 9.98. The second-order valence-electron chi connectivity index (χ2n) is 2.58. The van der Waals surface area contributed by atoms with Crippen molar-refractivity contribution in [2.24, 2.45) is 0 Å². The number of benzene rings is 1. The number of ketones is 1. The molecule has 1 aromatic carbocycles. The Morgan fingerprint density at radius 2 is 1.86 bits per heavy atom. The predicted octanol–water partition coefficient (Wildman–Crippen LogP) is 1.46. The summed E-state index contributed by atoms with van der Waals surface area (Å²) >= 11 is 0. The molecule has 0 amide bonds. The molecule has 0 aliphatic rings. The Hall–Kier alpha value is -2.10. The van der Waals surface area contributed by atoms with E-state index in [4.69, 9.17) is 5.11 Å². The molecule has 0 spiro atoms. The third-order valence-electron chi connectivity index (χ3n) is 1.72. The summed E-state index contributed by atoms with van der Waals surface area (Å²) in [5, 5.41) is 18.1. The fraction of sp³-hybridized carbons (Fsp3) is 0. The molecule has 14 heavy (non-hydrogen) atoms. The van der Waals surface area contributed by atoms with Gasteiger partial charge in [-0.25, -0.2) is 4.79 Å². The van der Waals surface area contributed by atoms with Gasteiger partial charge in [0.2, 0.25) is 0 Å². The Bertz CT molecular complexity index is 407. The number of hydrogen-bond acceptors (Lipinski definition) is 3. The lowest BCUT2D eigenvalue weighted by atomic mass is 10.1. The van der Waals surface area contributed by atoms with Crippen LogP contribution in [0.4, 0.5) is 0 Å². The van der Waals surface area contributed by atoms with Gasteiger partial charge in [0.05, 0.1) is 5.56 Å². The van der Waals surface area contributed by atoms with Gasteiger partial charge in [-0.3, -0.25) is 4.79 Å². The maximum Gasteiger partial charge on any atom is 0.339 e. The van der Waals surface area contributed by atoms with E-state index in [0.717, 1.165) is 6.08 Å². The average molecular weight is 192 g/mol. The summed E-state index contributed by atoms with van der Waals surface area (Å²) in [6.07, 6.45) is 1.01. The predicted molar refractivity (Wildman–Crippen MR) is 49.6 cm³/mol. The minimum atomic E-state index is -1.28. The van der Waals surface area contributed by atoms with Gasteiger partial charge in [0, 0.05) is 0 Å². The second kappa shape index (κ2) is 3.74. The molecule has 0 heterocycles. The second-order valence-corrected chi connectivity index (χ2v) is 2.58. The summed E-state index contributed by atoms with van der Waals surface area (Å²) in [5.41, 5.74) is -0.349. The molecule has 0 fully saturated rings. The van der Waals surface area contributed by atoms with Crippen LogP contribution in [0.25, 0.3) is 0 Å². The van der Waals surface area contributed by atoms with Crippen molar-refractivity contribution in [2.75, 3.05) is 0 Å². The minimum absolute atomic E-state index is 0.0556. The van der Waals surface area contributed by atoms with E-state index in [2.05, 4.69) is 6.58 Å². The fourth-order valence-corrected chi connectivity index (χ4v) is 1.02. The van der Waals surface area contributed by atoms with Gasteiger partial charge in [0.1, 0.15) is 11.3 Å². The zero-order chi connectivity index (χ0) is 10.7. The van der Waals surface area contributed by atoms with Gasteiger partial charge < -0.3 is 10.2 Å². The summed E-state index contributed by atoms with van der Waals surface area (Å²) < 4.78 is 0. The number of carbonyl (C=O) groups is 2. The first-order valence-corrected chi connectivity index (χ1v) is 3.80. The monoisotopic (exact) mass is 192 g/mol. The van der Waals surface area contributed by atoms with Gasteiger partial charge >= 0.3 is 5.97 Å². The van der Waals surface area contributed by atoms with Crippen LogP contribution in [0.5, 0.6) is 5.75 Å². The van der Waals surface area contributed by atoms with Gasteiger partial charge in [0.15, 0.2) is 5.78 Å². The van der Waals surface area contributed by atoms with Crippen molar-refractivity contribution >= 4 is 11.8 Å². The number of carbonyl (C=O) groups excluding carboxylic acids is 1. The number of allylic oxidation sites excluding steroid dienone is 1. The third kappa shape index (κ3) is 1.64. The first-order valence-electron chi connectivity index (χ1n) is 3.80. The Kier molecular flexibility index (Phi) is 2.67. The number of hydrogen-bond donors (Lipinski definition) is 2. The molecule has 4 nitrogen and oxygen atoms in total. The summed E-state index contributed by atoms with van der Waals surface area (Å²) in [5.74, 6) is -2.31. The number of aromatic carboxylic acids is 1. The molecule has 1 aromatic rings. The molecule has 0 aliphatic heterocycles. The van der Waals surface area contributed by atoms with Crippen LogP contribution in [-0.4, -0.2) is 22.0 Å². The van der Waals surface area contributed by atoms with E-state index in [-0.39, 0.29) is 11.1 Å². The zero-order valence-electron chi connectivity index (χ0n) is 7.23. The molecule has 72 valence electrons. The normalized spacial score (nSPS) is 9.43. The third-order valence-corrected chi connectivity index (χ3v) is 1.72. The molecule has 0 aromatic heterocycles. The standard InChI is InChI=1S/C10H8O4/c1-2-8(11)6-4-3-5-7(9(6)12)10(13)14/h2-5,12H,1H2,(H,13,14). The molecule has 1 rings (SSSR count). The molecule has 2 N–H and O–H groups in total. The minimum Gasteiger partial charge on any atom is -0.506 e. The molecule has 0 bridgehead atoms. The van der Waals surface area contributed by atoms with Crippen LogP contribution < -0.4 is 0 Å². The van der Waals surface area contributed by atoms with Crippen molar-refractivity contribution in [3.05, 3.63) is 42.0 Å². The van der Waals surface area contributed by atoms with E-state index < -0.39 is 17.5 Å². The van der Waals surface area contributed by atoms with E-state index in [0.29, 0.717) is 0 Å². The molecular weight excluding hydrogens is 184 g/mol. The lowest BCUT2D eigenvalue weighted by Gasteiger charge is -2.03. The van der Waals surface area contributed by atoms with E-state index >= 15 is 0 Å². The molecule has 0 unspecified atom stereocenters. The van der Waals surface area contributed by atoms with Gasteiger partial charge in [-0.05, 0) is 18.2 Å². The van der Waals surface area contributed by atoms with Crippen LogP contribution in [0.1, 0.15) is 20.7 Å². The maximum absolute atomic E-state index is 11.1. The Morgan fingerprint density at radius 1 is 1.29 bits per heavy atom. The highest BCUT2D eigenvalue weighted by Gasteiger charge is 2.15.